The number of aromatic nitrogens is 2. The number of alkyl carbamates (subject to hydrolysis) is 1. The summed E-state index contributed by atoms with van der Waals surface area (Å²) in [5.74, 6) is 0.902. The second kappa shape index (κ2) is 18.7. The van der Waals surface area contributed by atoms with Crippen LogP contribution >= 0.6 is 0 Å². The maximum atomic E-state index is 13.9. The van der Waals surface area contributed by atoms with Gasteiger partial charge in [-0.25, -0.2) is 9.78 Å². The number of imidazole rings is 1. The van der Waals surface area contributed by atoms with E-state index >= 15 is 0 Å². The van der Waals surface area contributed by atoms with Gasteiger partial charge in [0.05, 0.1) is 17.6 Å². The number of alkyl halides is 3. The fourth-order valence-electron chi connectivity index (χ4n) is 5.75. The van der Waals surface area contributed by atoms with Crippen LogP contribution < -0.4 is 15.4 Å². The third kappa shape index (κ3) is 13.5. The minimum atomic E-state index is -4.62. The van der Waals surface area contributed by atoms with Crippen molar-refractivity contribution in [2.45, 2.75) is 135 Å². The predicted molar refractivity (Wildman–Crippen MR) is 216 cm³/mol. The first-order valence-corrected chi connectivity index (χ1v) is 24.1. The molecule has 1 aliphatic carbocycles. The van der Waals surface area contributed by atoms with E-state index in [1.165, 1.54) is 0 Å². The zero-order valence-electron chi connectivity index (χ0n) is 34.1. The van der Waals surface area contributed by atoms with E-state index in [4.69, 9.17) is 19.2 Å². The van der Waals surface area contributed by atoms with Crippen molar-refractivity contribution in [3.63, 3.8) is 0 Å². The summed E-state index contributed by atoms with van der Waals surface area (Å²) in [6.45, 7) is 19.1. The molecule has 15 heteroatoms. The number of fused-ring (bicyclic) bond motifs is 1. The number of nitrogens with one attached hydrogen (secondary N) is 3. The molecule has 1 saturated carbocycles. The van der Waals surface area contributed by atoms with E-state index in [1.54, 1.807) is 20.8 Å². The van der Waals surface area contributed by atoms with Crippen LogP contribution in [0.4, 0.5) is 18.0 Å². The van der Waals surface area contributed by atoms with Gasteiger partial charge in [0.1, 0.15) is 30.0 Å². The topological polar surface area (TPSA) is 122 Å². The van der Waals surface area contributed by atoms with Crippen LogP contribution in [0.2, 0.25) is 25.7 Å². The van der Waals surface area contributed by atoms with Crippen LogP contribution in [0.3, 0.4) is 0 Å². The summed E-state index contributed by atoms with van der Waals surface area (Å²) in [6, 6.07) is 15.3. The van der Waals surface area contributed by atoms with Gasteiger partial charge in [0, 0.05) is 44.7 Å². The van der Waals surface area contributed by atoms with E-state index in [-0.39, 0.29) is 31.3 Å². The monoisotopic (exact) mass is 809 g/mol. The average molecular weight is 810 g/mol. The van der Waals surface area contributed by atoms with Gasteiger partial charge in [-0.2, -0.15) is 13.2 Å². The molecule has 3 aromatic rings. The Morgan fingerprint density at radius 1 is 1.05 bits per heavy atom. The molecule has 1 fully saturated rings. The summed E-state index contributed by atoms with van der Waals surface area (Å²) < 4.78 is 76.6. The second-order valence-electron chi connectivity index (χ2n) is 17.6. The molecule has 4 atom stereocenters. The summed E-state index contributed by atoms with van der Waals surface area (Å²) in [7, 11) is -1.40. The molecule has 0 spiro atoms. The average Bonchev–Trinajstić information content (AvgIpc) is 3.86. The maximum Gasteiger partial charge on any atom is 0.416 e. The first-order valence-electron chi connectivity index (χ1n) is 19.2. The molecule has 0 aliphatic heterocycles. The number of benzene rings is 2. The van der Waals surface area contributed by atoms with Gasteiger partial charge in [-0.05, 0) is 88.6 Å². The molecule has 0 bridgehead atoms. The number of carbonyl (C=O) groups is 1. The fraction of sp³-hybridized carbons (Fsp3) is 0.650. The van der Waals surface area contributed by atoms with Crippen LogP contribution in [0.1, 0.15) is 90.3 Å². The van der Waals surface area contributed by atoms with Gasteiger partial charge in [-0.3, -0.25) is 0 Å². The molecular formula is C40H62F3N5O5SSi. The minimum absolute atomic E-state index is 0.0207. The van der Waals surface area contributed by atoms with Crippen molar-refractivity contribution >= 4 is 36.6 Å². The highest BCUT2D eigenvalue weighted by molar-refractivity contribution is 7.90. The normalized spacial score (nSPS) is 16.6. The van der Waals surface area contributed by atoms with Gasteiger partial charge >= 0.3 is 12.3 Å². The Morgan fingerprint density at radius 2 is 1.73 bits per heavy atom. The summed E-state index contributed by atoms with van der Waals surface area (Å²) >= 11 is -1.65. The number of carbonyl (C=O) groups excluding carboxylic acids is 1. The molecule has 4 rings (SSSR count). The lowest BCUT2D eigenvalue weighted by atomic mass is 9.99. The summed E-state index contributed by atoms with van der Waals surface area (Å²) in [4.78, 5) is 17.8. The largest absolute Gasteiger partial charge is 0.598 e. The Balaban J connectivity index is 1.63. The van der Waals surface area contributed by atoms with E-state index < -0.39 is 54.7 Å². The van der Waals surface area contributed by atoms with E-state index in [0.717, 1.165) is 49.4 Å². The van der Waals surface area contributed by atoms with E-state index in [9.17, 15) is 22.5 Å². The molecule has 0 radical (unpaired) electrons. The quantitative estimate of drug-likeness (QED) is 0.0589. The van der Waals surface area contributed by atoms with Crippen LogP contribution in [0.25, 0.3) is 11.0 Å². The summed E-state index contributed by atoms with van der Waals surface area (Å²) in [6.07, 6.45) is -2.99. The summed E-state index contributed by atoms with van der Waals surface area (Å²) in [5, 5.41) is 6.74. The van der Waals surface area contributed by atoms with E-state index in [2.05, 4.69) is 48.8 Å². The molecule has 1 heterocycles. The Bertz CT molecular complexity index is 1680. The highest BCUT2D eigenvalue weighted by Gasteiger charge is 2.49. The molecule has 0 saturated heterocycles. The fourth-order valence-corrected chi connectivity index (χ4v) is 7.29. The van der Waals surface area contributed by atoms with Crippen molar-refractivity contribution in [1.29, 1.82) is 0 Å². The SMILES string of the molecule is CC(C)[C@H](CN[C@@H](c1ccc2c(c1)nc([C@H](COC(C)(C)C(F)(F)F)N[S+]([O-])C(C)(C)C)n2COCC[Si](C)(C)C)C1CC1)NC(=O)OCc1ccccc1. The predicted octanol–water partition coefficient (Wildman–Crippen LogP) is 8.79. The minimum Gasteiger partial charge on any atom is -0.598 e. The van der Waals surface area contributed by atoms with Crippen molar-refractivity contribution in [3.05, 3.63) is 65.5 Å². The molecule has 3 N–H and O–H groups in total. The van der Waals surface area contributed by atoms with Crippen molar-refractivity contribution in [1.82, 2.24) is 24.9 Å². The van der Waals surface area contributed by atoms with Gasteiger partial charge in [0.25, 0.3) is 0 Å². The van der Waals surface area contributed by atoms with Gasteiger partial charge in [-0.15, -0.1) is 4.72 Å². The molecule has 10 nitrogen and oxygen atoms in total. The lowest BCUT2D eigenvalue weighted by Crippen LogP contribution is -2.47. The van der Waals surface area contributed by atoms with Crippen LogP contribution in [0.15, 0.2) is 48.5 Å². The standard InChI is InChI=1S/C40H62F3N5O5SSi/c1-27(2)32(46-37(49)52-24-28-14-12-11-13-15-28)23-44-35(29-16-17-29)30-18-19-34-31(22-30)45-36(48(34)26-51-20-21-55(8,9)10)33(47-54(50)38(3,4)5)25-53-39(6,7)40(41,42)43/h11-15,18-19,22,27,29,32-33,35,44,47H,16-17,20-21,23-26H2,1-10H3,(H,46,49)/t32-,33-,35+,54?/m0/s1. The zero-order chi connectivity index (χ0) is 40.8. The van der Waals surface area contributed by atoms with E-state index in [0.29, 0.717) is 30.4 Å². The molecule has 1 unspecified atom stereocenters. The Labute approximate surface area is 329 Å². The van der Waals surface area contributed by atoms with Crippen molar-refractivity contribution < 1.29 is 36.7 Å². The number of hydrogen-bond acceptors (Lipinski definition) is 8. The first kappa shape index (κ1) is 45.0. The Morgan fingerprint density at radius 3 is 2.31 bits per heavy atom. The molecule has 1 amide bonds. The van der Waals surface area contributed by atoms with Crippen molar-refractivity contribution in [2.24, 2.45) is 11.8 Å². The van der Waals surface area contributed by atoms with Gasteiger partial charge in [0.15, 0.2) is 5.60 Å². The lowest BCUT2D eigenvalue weighted by molar-refractivity contribution is -0.265. The third-order valence-corrected chi connectivity index (χ3v) is 13.1. The molecule has 2 aromatic carbocycles. The van der Waals surface area contributed by atoms with Crippen LogP contribution in [0, 0.1) is 11.8 Å². The maximum absolute atomic E-state index is 13.9. The molecule has 308 valence electrons. The van der Waals surface area contributed by atoms with Gasteiger partial charge in [-0.1, -0.05) is 69.9 Å². The third-order valence-electron chi connectivity index (χ3n) is 9.76. The van der Waals surface area contributed by atoms with Crippen LogP contribution in [-0.2, 0) is 38.9 Å². The second-order valence-corrected chi connectivity index (χ2v) is 25.3. The Hall–Kier alpha value is -2.66. The van der Waals surface area contributed by atoms with Crippen molar-refractivity contribution in [2.75, 3.05) is 19.8 Å². The number of hydrogen-bond donors (Lipinski definition) is 3. The highest BCUT2D eigenvalue weighted by atomic mass is 32.2. The number of rotatable bonds is 20. The van der Waals surface area contributed by atoms with Gasteiger partial charge < -0.3 is 34.0 Å². The zero-order valence-corrected chi connectivity index (χ0v) is 36.0. The smallest absolute Gasteiger partial charge is 0.416 e. The van der Waals surface area contributed by atoms with Gasteiger partial charge in [0.2, 0.25) is 0 Å². The van der Waals surface area contributed by atoms with Crippen LogP contribution in [-0.4, -0.2) is 70.6 Å². The number of nitrogens with zero attached hydrogens (tertiary/aromatic N) is 2. The lowest BCUT2D eigenvalue weighted by Gasteiger charge is -2.32. The number of amides is 1. The molecule has 55 heavy (non-hydrogen) atoms. The first-order chi connectivity index (χ1) is 25.6. The molecule has 1 aliphatic rings. The number of halogens is 3. The molecule has 1 aromatic heterocycles. The molecular weight excluding hydrogens is 748 g/mol. The number of ether oxygens (including phenoxy) is 3. The summed E-state index contributed by atoms with van der Waals surface area (Å²) in [5.41, 5.74) is 0.857. The van der Waals surface area contributed by atoms with E-state index in [1.807, 2.05) is 53.1 Å². The van der Waals surface area contributed by atoms with Crippen molar-refractivity contribution in [3.8, 4) is 0 Å². The Kier molecular flexibility index (Phi) is 15.3. The highest BCUT2D eigenvalue weighted by Crippen LogP contribution is 2.42. The van der Waals surface area contributed by atoms with Crippen LogP contribution in [0.5, 0.6) is 0 Å².